The van der Waals surface area contributed by atoms with E-state index in [2.05, 4.69) is 19.2 Å². The molecule has 0 heterocycles. The highest BCUT2D eigenvalue weighted by atomic mass is 16.6. The third-order valence-corrected chi connectivity index (χ3v) is 4.82. The summed E-state index contributed by atoms with van der Waals surface area (Å²) in [6, 6.07) is 15.7. The van der Waals surface area contributed by atoms with E-state index in [4.69, 9.17) is 0 Å². The van der Waals surface area contributed by atoms with E-state index in [1.807, 2.05) is 30.3 Å². The molecule has 28 heavy (non-hydrogen) atoms. The van der Waals surface area contributed by atoms with Crippen molar-refractivity contribution in [1.82, 2.24) is 5.32 Å². The Bertz CT molecular complexity index is 816. The Kier molecular flexibility index (Phi) is 8.40. The van der Waals surface area contributed by atoms with Gasteiger partial charge in [-0.3, -0.25) is 14.9 Å². The molecule has 0 aromatic heterocycles. The van der Waals surface area contributed by atoms with Crippen molar-refractivity contribution < 1.29 is 9.72 Å². The van der Waals surface area contributed by atoms with Crippen LogP contribution in [0.5, 0.6) is 0 Å². The number of nitrogens with one attached hydrogen (secondary N) is 1. The molecule has 0 fully saturated rings. The molecule has 0 saturated heterocycles. The minimum absolute atomic E-state index is 0.00665. The van der Waals surface area contributed by atoms with Crippen LogP contribution in [0.15, 0.2) is 54.6 Å². The molecule has 2 rings (SSSR count). The largest absolute Gasteiger partial charge is 0.352 e. The second-order valence-electron chi connectivity index (χ2n) is 6.90. The summed E-state index contributed by atoms with van der Waals surface area (Å²) in [7, 11) is 0. The Labute approximate surface area is 166 Å². The van der Waals surface area contributed by atoms with E-state index in [0.717, 1.165) is 31.2 Å². The summed E-state index contributed by atoms with van der Waals surface area (Å²) in [6.07, 6.45) is 6.14. The second kappa shape index (κ2) is 11.0. The van der Waals surface area contributed by atoms with Gasteiger partial charge in [-0.15, -0.1) is 0 Å². The number of nitrogens with zero attached hydrogens (tertiary/aromatic N) is 1. The Morgan fingerprint density at radius 1 is 1.14 bits per heavy atom. The molecule has 1 N–H and O–H groups in total. The molecular weight excluding hydrogens is 352 g/mol. The van der Waals surface area contributed by atoms with Crippen LogP contribution in [0, 0.1) is 16.0 Å². The maximum Gasteiger partial charge on any atom is 0.270 e. The van der Waals surface area contributed by atoms with Crippen molar-refractivity contribution in [2.24, 2.45) is 5.92 Å². The third-order valence-electron chi connectivity index (χ3n) is 4.82. The smallest absolute Gasteiger partial charge is 0.270 e. The first-order valence-electron chi connectivity index (χ1n) is 9.84. The fourth-order valence-corrected chi connectivity index (χ4v) is 3.07. The second-order valence-corrected chi connectivity index (χ2v) is 6.90. The molecule has 0 unspecified atom stereocenters. The van der Waals surface area contributed by atoms with Crippen molar-refractivity contribution in [3.05, 3.63) is 75.8 Å². The molecule has 0 spiro atoms. The van der Waals surface area contributed by atoms with Gasteiger partial charge >= 0.3 is 0 Å². The summed E-state index contributed by atoms with van der Waals surface area (Å²) in [5.41, 5.74) is 1.92. The number of carbonyl (C=O) groups excluding carboxylic acids is 1. The molecule has 1 amide bonds. The van der Waals surface area contributed by atoms with Gasteiger partial charge < -0.3 is 5.32 Å². The van der Waals surface area contributed by atoms with Crippen molar-refractivity contribution in [2.45, 2.75) is 39.5 Å². The quantitative estimate of drug-likeness (QED) is 0.257. The first kappa shape index (κ1) is 21.4. The number of amides is 1. The zero-order valence-corrected chi connectivity index (χ0v) is 16.6. The fourth-order valence-electron chi connectivity index (χ4n) is 3.07. The van der Waals surface area contributed by atoms with Crippen LogP contribution in [-0.4, -0.2) is 17.4 Å². The lowest BCUT2D eigenvalue weighted by Gasteiger charge is -2.16. The maximum atomic E-state index is 12.9. The number of hydrogen-bond donors (Lipinski definition) is 1. The fraction of sp³-hybridized carbons (Fsp3) is 0.348. The van der Waals surface area contributed by atoms with Crippen LogP contribution in [-0.2, 0) is 4.79 Å². The molecule has 148 valence electrons. The molecule has 0 saturated carbocycles. The summed E-state index contributed by atoms with van der Waals surface area (Å²) in [6.45, 7) is 4.94. The highest BCUT2D eigenvalue weighted by molar-refractivity contribution is 6.24. The number of nitro benzene ring substituents is 1. The average molecular weight is 380 g/mol. The molecule has 0 aliphatic heterocycles. The highest BCUT2D eigenvalue weighted by Crippen LogP contribution is 2.22. The molecule has 5 heteroatoms. The van der Waals surface area contributed by atoms with E-state index in [1.165, 1.54) is 12.1 Å². The maximum absolute atomic E-state index is 12.9. The zero-order valence-electron chi connectivity index (χ0n) is 16.6. The SMILES string of the molecule is CCCC[C@@H](CC)CNC(=O)/C(=C/c1cccc([N+](=O)[O-])c1)c1ccccc1. The normalized spacial score (nSPS) is 12.4. The van der Waals surface area contributed by atoms with E-state index >= 15 is 0 Å². The zero-order chi connectivity index (χ0) is 20.4. The van der Waals surface area contributed by atoms with Gasteiger partial charge in [0.1, 0.15) is 0 Å². The van der Waals surface area contributed by atoms with Crippen molar-refractivity contribution in [2.75, 3.05) is 6.54 Å². The Morgan fingerprint density at radius 3 is 2.54 bits per heavy atom. The molecule has 2 aromatic carbocycles. The van der Waals surface area contributed by atoms with Gasteiger partial charge in [0.05, 0.1) is 4.92 Å². The number of carbonyl (C=O) groups is 1. The first-order valence-corrected chi connectivity index (χ1v) is 9.84. The van der Waals surface area contributed by atoms with Crippen LogP contribution in [0.4, 0.5) is 5.69 Å². The third kappa shape index (κ3) is 6.34. The van der Waals surface area contributed by atoms with Crippen molar-refractivity contribution in [1.29, 1.82) is 0 Å². The van der Waals surface area contributed by atoms with Crippen LogP contribution in [0.1, 0.15) is 50.7 Å². The van der Waals surface area contributed by atoms with Gasteiger partial charge in [0.2, 0.25) is 0 Å². The molecule has 2 aromatic rings. The summed E-state index contributed by atoms with van der Waals surface area (Å²) >= 11 is 0. The minimum Gasteiger partial charge on any atom is -0.352 e. The monoisotopic (exact) mass is 380 g/mol. The lowest BCUT2D eigenvalue weighted by molar-refractivity contribution is -0.384. The number of unbranched alkanes of at least 4 members (excludes halogenated alkanes) is 1. The van der Waals surface area contributed by atoms with Gasteiger partial charge in [0.25, 0.3) is 11.6 Å². The Balaban J connectivity index is 2.26. The van der Waals surface area contributed by atoms with Gasteiger partial charge in [-0.25, -0.2) is 0 Å². The number of benzene rings is 2. The van der Waals surface area contributed by atoms with Crippen molar-refractivity contribution in [3.63, 3.8) is 0 Å². The number of non-ortho nitro benzene ring substituents is 1. The molecule has 1 atom stereocenters. The molecule has 0 bridgehead atoms. The first-order chi connectivity index (χ1) is 13.5. The van der Waals surface area contributed by atoms with E-state index in [9.17, 15) is 14.9 Å². The lowest BCUT2D eigenvalue weighted by Crippen LogP contribution is -2.29. The summed E-state index contributed by atoms with van der Waals surface area (Å²) in [4.78, 5) is 23.6. The predicted molar refractivity (Wildman–Crippen MR) is 114 cm³/mol. The van der Waals surface area contributed by atoms with E-state index in [0.29, 0.717) is 23.6 Å². The summed E-state index contributed by atoms with van der Waals surface area (Å²) < 4.78 is 0. The lowest BCUT2D eigenvalue weighted by atomic mass is 9.98. The van der Waals surface area contributed by atoms with E-state index < -0.39 is 4.92 Å². The standard InChI is InChI=1S/C23H28N2O3/c1-3-5-10-18(4-2)17-24-23(26)22(20-12-7-6-8-13-20)16-19-11-9-14-21(15-19)25(27)28/h6-9,11-16,18H,3-5,10,17H2,1-2H3,(H,24,26)/b22-16+/t18-/m1/s1. The van der Waals surface area contributed by atoms with Gasteiger partial charge in [-0.05, 0) is 29.5 Å². The Morgan fingerprint density at radius 2 is 1.89 bits per heavy atom. The molecule has 0 aliphatic carbocycles. The molecule has 0 aliphatic rings. The molecule has 0 radical (unpaired) electrons. The highest BCUT2D eigenvalue weighted by Gasteiger charge is 2.15. The van der Waals surface area contributed by atoms with Crippen molar-refractivity contribution >= 4 is 23.2 Å². The van der Waals surface area contributed by atoms with Crippen LogP contribution in [0.2, 0.25) is 0 Å². The van der Waals surface area contributed by atoms with Crippen LogP contribution in [0.3, 0.4) is 0 Å². The van der Waals surface area contributed by atoms with Crippen LogP contribution < -0.4 is 5.32 Å². The molecular formula is C23H28N2O3. The van der Waals surface area contributed by atoms with Gasteiger partial charge in [0.15, 0.2) is 0 Å². The number of hydrogen-bond acceptors (Lipinski definition) is 3. The van der Waals surface area contributed by atoms with Crippen LogP contribution in [0.25, 0.3) is 11.6 Å². The van der Waals surface area contributed by atoms with Gasteiger partial charge in [-0.1, -0.05) is 75.6 Å². The predicted octanol–water partition coefficient (Wildman–Crippen LogP) is 5.47. The number of rotatable bonds is 10. The Hall–Kier alpha value is -2.95. The van der Waals surface area contributed by atoms with E-state index in [1.54, 1.807) is 18.2 Å². The number of nitro groups is 1. The average Bonchev–Trinajstić information content (AvgIpc) is 2.72. The van der Waals surface area contributed by atoms with E-state index in [-0.39, 0.29) is 11.6 Å². The summed E-state index contributed by atoms with van der Waals surface area (Å²) in [5.74, 6) is 0.298. The molecule has 5 nitrogen and oxygen atoms in total. The van der Waals surface area contributed by atoms with Crippen molar-refractivity contribution in [3.8, 4) is 0 Å². The van der Waals surface area contributed by atoms with Crippen LogP contribution >= 0.6 is 0 Å². The van der Waals surface area contributed by atoms with Gasteiger partial charge in [-0.2, -0.15) is 0 Å². The summed E-state index contributed by atoms with van der Waals surface area (Å²) in [5, 5.41) is 14.1. The topological polar surface area (TPSA) is 72.2 Å². The minimum atomic E-state index is -0.431. The van der Waals surface area contributed by atoms with Gasteiger partial charge in [0, 0.05) is 24.3 Å².